The van der Waals surface area contributed by atoms with Gasteiger partial charge < -0.3 is 19.3 Å². The van der Waals surface area contributed by atoms with Gasteiger partial charge in [0, 0.05) is 34.0 Å². The van der Waals surface area contributed by atoms with Crippen LogP contribution in [0.2, 0.25) is 0 Å². The Bertz CT molecular complexity index is 2640. The number of phenols is 2. The van der Waals surface area contributed by atoms with E-state index < -0.39 is 39.9 Å². The van der Waals surface area contributed by atoms with E-state index in [0.29, 0.717) is 46.1 Å². The number of nitro benzene ring substituents is 2. The van der Waals surface area contributed by atoms with Crippen LogP contribution in [0.3, 0.4) is 0 Å². The van der Waals surface area contributed by atoms with Crippen molar-refractivity contribution in [1.82, 2.24) is 0 Å². The minimum absolute atomic E-state index is 0. The van der Waals surface area contributed by atoms with Gasteiger partial charge in [0.25, 0.3) is 11.4 Å². The molecule has 6 aromatic rings. The number of nitro groups is 2. The Morgan fingerprint density at radius 3 is 1.21 bits per heavy atom. The molecule has 18 nitrogen and oxygen atoms in total. The van der Waals surface area contributed by atoms with Crippen LogP contribution in [-0.4, -0.2) is 83.7 Å². The van der Waals surface area contributed by atoms with Crippen molar-refractivity contribution >= 4 is 114 Å². The Labute approximate surface area is 354 Å². The number of nitrogens with zero attached hydrogens (tertiary/aromatic N) is 6. The molecule has 0 heterocycles. The molecule has 0 radical (unpaired) electrons. The third kappa shape index (κ3) is 10.5. The fourth-order valence-electron chi connectivity index (χ4n) is 5.47. The summed E-state index contributed by atoms with van der Waals surface area (Å²) in [5, 5.41) is 59.8. The first-order valence-corrected chi connectivity index (χ1v) is 19.0. The van der Waals surface area contributed by atoms with Gasteiger partial charge in [0.15, 0.2) is 0 Å². The maximum absolute atomic E-state index is 11.3. The average molecular weight is 841 g/mol. The standard InChI is InChI=1S/2C18H15N3O6S.Ca/c2*1-2-11-9-13(5-7-16(11)21(23)24)19-20-18-15-10-14(28(25,26)27)6-3-12(15)4-8-17(18)22;/h2*3-10,22H,2H2,1H3,(H,25,26,27);/q;;+2/p-2. The van der Waals surface area contributed by atoms with E-state index in [4.69, 9.17) is 0 Å². The average Bonchev–Trinajstić information content (AvgIpc) is 3.15. The van der Waals surface area contributed by atoms with Crippen LogP contribution in [0.1, 0.15) is 25.0 Å². The first-order valence-electron chi connectivity index (χ1n) is 16.2. The number of hydrogen-bond acceptors (Lipinski definition) is 16. The SMILES string of the molecule is CCc1cc(N=Nc2c(O)ccc3ccc(S(=O)(=O)[O-])cc23)ccc1[N+](=O)[O-].CCc1cc(N=Nc2c(O)ccc3ccc(S(=O)(=O)[O-])cc23)ccc1[N+](=O)[O-].[Ca+2]. The second kappa shape index (κ2) is 18.2. The van der Waals surface area contributed by atoms with E-state index in [1.54, 1.807) is 26.0 Å². The molecule has 0 fully saturated rings. The topological polar surface area (TPSA) is 291 Å². The number of aromatic hydroxyl groups is 2. The van der Waals surface area contributed by atoms with E-state index >= 15 is 0 Å². The van der Waals surface area contributed by atoms with E-state index in [-0.39, 0.29) is 82.8 Å². The molecule has 0 bridgehead atoms. The molecule has 0 aliphatic rings. The first-order chi connectivity index (χ1) is 26.4. The predicted octanol–water partition coefficient (Wildman–Crippen LogP) is 8.29. The summed E-state index contributed by atoms with van der Waals surface area (Å²) in [4.78, 5) is 20.2. The van der Waals surface area contributed by atoms with Crippen molar-refractivity contribution in [1.29, 1.82) is 0 Å². The zero-order valence-corrected chi connectivity index (χ0v) is 33.7. The monoisotopic (exact) mass is 840 g/mol. The predicted molar refractivity (Wildman–Crippen MR) is 206 cm³/mol. The summed E-state index contributed by atoms with van der Waals surface area (Å²) in [6, 6.07) is 21.8. The first kappa shape index (κ1) is 44.2. The van der Waals surface area contributed by atoms with Gasteiger partial charge in [0.2, 0.25) is 0 Å². The van der Waals surface area contributed by atoms with Crippen LogP contribution in [0.25, 0.3) is 21.5 Å². The molecule has 288 valence electrons. The molecule has 6 aromatic carbocycles. The van der Waals surface area contributed by atoms with Crippen molar-refractivity contribution in [3.8, 4) is 11.5 Å². The maximum Gasteiger partial charge on any atom is 2.00 e. The molecule has 0 saturated heterocycles. The number of phenolic OH excluding ortho intramolecular Hbond substituents is 2. The molecule has 0 aliphatic heterocycles. The Kier molecular flexibility index (Phi) is 14.1. The molecule has 0 unspecified atom stereocenters. The Morgan fingerprint density at radius 1 is 0.544 bits per heavy atom. The van der Waals surface area contributed by atoms with Crippen LogP contribution in [0.15, 0.2) is 127 Å². The van der Waals surface area contributed by atoms with Gasteiger partial charge in [0.1, 0.15) is 43.1 Å². The second-order valence-electron chi connectivity index (χ2n) is 11.8. The zero-order chi connectivity index (χ0) is 40.9. The van der Waals surface area contributed by atoms with Crippen LogP contribution in [-0.2, 0) is 33.1 Å². The van der Waals surface area contributed by atoms with Gasteiger partial charge in [-0.3, -0.25) is 20.2 Å². The van der Waals surface area contributed by atoms with Crippen LogP contribution in [0, 0.1) is 20.2 Å². The third-order valence-electron chi connectivity index (χ3n) is 8.28. The molecule has 21 heteroatoms. The van der Waals surface area contributed by atoms with Gasteiger partial charge in [-0.05, 0) is 84.3 Å². The quantitative estimate of drug-likeness (QED) is 0.0433. The molecule has 57 heavy (non-hydrogen) atoms. The number of hydrogen-bond donors (Lipinski definition) is 2. The van der Waals surface area contributed by atoms with Gasteiger partial charge in [-0.1, -0.05) is 38.1 Å². The van der Waals surface area contributed by atoms with Crippen LogP contribution >= 0.6 is 0 Å². The van der Waals surface area contributed by atoms with Gasteiger partial charge in [-0.15, -0.1) is 10.2 Å². The molecular weight excluding hydrogens is 813 g/mol. The van der Waals surface area contributed by atoms with Crippen LogP contribution in [0.4, 0.5) is 34.1 Å². The fraction of sp³-hybridized carbons (Fsp3) is 0.111. The Hall–Kier alpha value is -5.48. The number of benzene rings is 6. The fourth-order valence-corrected chi connectivity index (χ4v) is 6.46. The summed E-state index contributed by atoms with van der Waals surface area (Å²) < 4.78 is 67.7. The summed E-state index contributed by atoms with van der Waals surface area (Å²) >= 11 is 0. The molecule has 0 aromatic heterocycles. The Morgan fingerprint density at radius 2 is 0.895 bits per heavy atom. The minimum Gasteiger partial charge on any atom is -0.744 e. The van der Waals surface area contributed by atoms with E-state index in [1.165, 1.54) is 72.8 Å². The molecule has 0 aliphatic carbocycles. The summed E-state index contributed by atoms with van der Waals surface area (Å²) in [7, 11) is -9.36. The summed E-state index contributed by atoms with van der Waals surface area (Å²) in [6.45, 7) is 3.54. The molecule has 0 amide bonds. The van der Waals surface area contributed by atoms with Gasteiger partial charge >= 0.3 is 37.7 Å². The van der Waals surface area contributed by atoms with Crippen molar-refractivity contribution in [2.75, 3.05) is 0 Å². The number of aryl methyl sites for hydroxylation is 2. The van der Waals surface area contributed by atoms with E-state index in [1.807, 2.05) is 0 Å². The smallest absolute Gasteiger partial charge is 0.744 e. The van der Waals surface area contributed by atoms with Gasteiger partial charge in [0.05, 0.1) is 31.0 Å². The van der Waals surface area contributed by atoms with Crippen molar-refractivity contribution in [2.24, 2.45) is 20.5 Å². The molecule has 2 N–H and O–H groups in total. The van der Waals surface area contributed by atoms with E-state index in [9.17, 15) is 56.4 Å². The summed E-state index contributed by atoms with van der Waals surface area (Å²) in [5.41, 5.74) is 1.52. The molecule has 0 atom stereocenters. The molecular formula is C36H28CaN6O12S2. The van der Waals surface area contributed by atoms with Crippen LogP contribution in [0.5, 0.6) is 11.5 Å². The van der Waals surface area contributed by atoms with Crippen LogP contribution < -0.4 is 0 Å². The van der Waals surface area contributed by atoms with Gasteiger partial charge in [-0.25, -0.2) is 16.8 Å². The number of fused-ring (bicyclic) bond motifs is 2. The minimum atomic E-state index is -4.68. The van der Waals surface area contributed by atoms with Crippen molar-refractivity contribution < 1.29 is 46.0 Å². The van der Waals surface area contributed by atoms with E-state index in [2.05, 4.69) is 20.5 Å². The normalized spacial score (nSPS) is 11.7. The van der Waals surface area contributed by atoms with Crippen molar-refractivity contribution in [3.05, 3.63) is 128 Å². The van der Waals surface area contributed by atoms with Gasteiger partial charge in [-0.2, -0.15) is 10.2 Å². The van der Waals surface area contributed by atoms with Crippen molar-refractivity contribution in [2.45, 2.75) is 36.5 Å². The summed E-state index contributed by atoms with van der Waals surface area (Å²) in [5.74, 6) is -0.511. The van der Waals surface area contributed by atoms with Crippen molar-refractivity contribution in [3.63, 3.8) is 0 Å². The second-order valence-corrected chi connectivity index (χ2v) is 14.5. The third-order valence-corrected chi connectivity index (χ3v) is 9.94. The van der Waals surface area contributed by atoms with E-state index in [0.717, 1.165) is 12.1 Å². The largest absolute Gasteiger partial charge is 2.00 e. The zero-order valence-electron chi connectivity index (χ0n) is 29.8. The Balaban J connectivity index is 0.000000248. The number of rotatable bonds is 10. The maximum atomic E-state index is 11.3. The molecule has 6 rings (SSSR count). The molecule has 0 saturated carbocycles. The molecule has 0 spiro atoms. The summed E-state index contributed by atoms with van der Waals surface area (Å²) in [6.07, 6.45) is 0.841. The number of azo groups is 2.